The van der Waals surface area contributed by atoms with Crippen LogP contribution in [0.5, 0.6) is 0 Å². The molecule has 0 aliphatic carbocycles. The minimum absolute atomic E-state index is 0.252. The number of aromatic nitrogens is 3. The molecule has 0 aliphatic rings. The minimum atomic E-state index is -0.252. The largest absolute Gasteiger partial charge is 0.319 e. The van der Waals surface area contributed by atoms with Gasteiger partial charge in [0.15, 0.2) is 0 Å². The molecular weight excluding hydrogens is 224 g/mol. The maximum absolute atomic E-state index is 6.12. The molecule has 16 heavy (non-hydrogen) atoms. The normalized spacial score (nSPS) is 12.8. The number of hydrogen-bond donors (Lipinski definition) is 1. The summed E-state index contributed by atoms with van der Waals surface area (Å²) in [6.07, 6.45) is 1.67. The topological polar surface area (TPSA) is 56.7 Å². The zero-order valence-corrected chi connectivity index (χ0v) is 9.94. The predicted molar refractivity (Wildman–Crippen MR) is 63.2 cm³/mol. The molecule has 5 heteroatoms. The molecule has 0 radical (unpaired) electrons. The smallest absolute Gasteiger partial charge is 0.0796 e. The van der Waals surface area contributed by atoms with Gasteiger partial charge < -0.3 is 5.73 Å². The highest BCUT2D eigenvalue weighted by atomic mass is 35.5. The second kappa shape index (κ2) is 4.23. The number of benzene rings is 1. The quantitative estimate of drug-likeness (QED) is 0.866. The Kier molecular flexibility index (Phi) is 2.94. The van der Waals surface area contributed by atoms with Crippen molar-refractivity contribution < 1.29 is 0 Å². The number of rotatable bonds is 2. The van der Waals surface area contributed by atoms with E-state index in [-0.39, 0.29) is 6.04 Å². The average Bonchev–Trinajstić information content (AvgIpc) is 2.67. The molecule has 1 aromatic carbocycles. The Morgan fingerprint density at radius 2 is 2.19 bits per heavy atom. The van der Waals surface area contributed by atoms with Crippen molar-refractivity contribution in [3.63, 3.8) is 0 Å². The molecule has 0 amide bonds. The summed E-state index contributed by atoms with van der Waals surface area (Å²) in [5, 5.41) is 8.39. The summed E-state index contributed by atoms with van der Waals surface area (Å²) in [6.45, 7) is 1.96. The van der Waals surface area contributed by atoms with E-state index in [0.29, 0.717) is 0 Å². The van der Waals surface area contributed by atoms with E-state index in [4.69, 9.17) is 17.3 Å². The van der Waals surface area contributed by atoms with Gasteiger partial charge in [0.25, 0.3) is 0 Å². The molecule has 0 spiro atoms. The number of halogens is 1. The molecule has 0 saturated carbocycles. The Morgan fingerprint density at radius 1 is 1.44 bits per heavy atom. The van der Waals surface area contributed by atoms with Crippen molar-refractivity contribution in [3.05, 3.63) is 46.2 Å². The zero-order valence-electron chi connectivity index (χ0n) is 9.18. The highest BCUT2D eigenvalue weighted by molar-refractivity contribution is 6.31. The second-order valence-corrected chi connectivity index (χ2v) is 4.18. The maximum Gasteiger partial charge on any atom is 0.0796 e. The average molecular weight is 237 g/mol. The molecule has 2 rings (SSSR count). The molecule has 1 heterocycles. The molecular formula is C11H13ClN4. The van der Waals surface area contributed by atoms with E-state index < -0.39 is 0 Å². The number of hydrogen-bond acceptors (Lipinski definition) is 3. The summed E-state index contributed by atoms with van der Waals surface area (Å²) >= 11 is 6.07. The van der Waals surface area contributed by atoms with Crippen LogP contribution in [0.3, 0.4) is 0 Å². The highest BCUT2D eigenvalue weighted by Crippen LogP contribution is 2.23. The van der Waals surface area contributed by atoms with Crippen LogP contribution in [0.2, 0.25) is 5.02 Å². The van der Waals surface area contributed by atoms with Gasteiger partial charge in [-0.25, -0.2) is 0 Å². The fraction of sp³-hybridized carbons (Fsp3) is 0.273. The summed E-state index contributed by atoms with van der Waals surface area (Å²) < 4.78 is 1.67. The van der Waals surface area contributed by atoms with E-state index >= 15 is 0 Å². The van der Waals surface area contributed by atoms with Gasteiger partial charge in [0, 0.05) is 12.1 Å². The molecule has 0 fully saturated rings. The lowest BCUT2D eigenvalue weighted by atomic mass is 10.0. The molecule has 84 valence electrons. The van der Waals surface area contributed by atoms with Crippen LogP contribution in [0.1, 0.15) is 22.9 Å². The van der Waals surface area contributed by atoms with Crippen LogP contribution < -0.4 is 5.73 Å². The van der Waals surface area contributed by atoms with Gasteiger partial charge in [-0.05, 0) is 24.1 Å². The first-order valence-electron chi connectivity index (χ1n) is 4.96. The number of nitrogens with zero attached hydrogens (tertiary/aromatic N) is 3. The van der Waals surface area contributed by atoms with Crippen LogP contribution in [0.4, 0.5) is 0 Å². The Bertz CT molecular complexity index is 506. The second-order valence-electron chi connectivity index (χ2n) is 3.77. The van der Waals surface area contributed by atoms with Gasteiger partial charge in [-0.3, -0.25) is 4.68 Å². The first-order chi connectivity index (χ1) is 7.59. The van der Waals surface area contributed by atoms with Crippen LogP contribution in [0.25, 0.3) is 0 Å². The molecule has 4 nitrogen and oxygen atoms in total. The fourth-order valence-electron chi connectivity index (χ4n) is 1.55. The molecule has 0 bridgehead atoms. The lowest BCUT2D eigenvalue weighted by Crippen LogP contribution is -2.15. The Hall–Kier alpha value is -1.39. The third kappa shape index (κ3) is 1.94. The Labute approximate surface area is 99.0 Å². The van der Waals surface area contributed by atoms with Crippen molar-refractivity contribution in [2.45, 2.75) is 13.0 Å². The first kappa shape index (κ1) is 11.1. The number of nitrogens with two attached hydrogens (primary N) is 1. The van der Waals surface area contributed by atoms with Gasteiger partial charge in [0.2, 0.25) is 0 Å². The molecule has 1 atom stereocenters. The van der Waals surface area contributed by atoms with Crippen LogP contribution in [0, 0.1) is 6.92 Å². The van der Waals surface area contributed by atoms with E-state index in [1.807, 2.05) is 32.2 Å². The molecule has 0 saturated heterocycles. The van der Waals surface area contributed by atoms with Crippen molar-refractivity contribution in [2.75, 3.05) is 0 Å². The summed E-state index contributed by atoms with van der Waals surface area (Å²) in [4.78, 5) is 0. The van der Waals surface area contributed by atoms with Crippen molar-refractivity contribution in [2.24, 2.45) is 12.8 Å². The minimum Gasteiger partial charge on any atom is -0.319 e. The summed E-state index contributed by atoms with van der Waals surface area (Å²) in [5.41, 5.74) is 8.98. The molecule has 2 aromatic rings. The summed E-state index contributed by atoms with van der Waals surface area (Å²) in [6, 6.07) is 5.56. The summed E-state index contributed by atoms with van der Waals surface area (Å²) in [7, 11) is 1.82. The third-order valence-electron chi connectivity index (χ3n) is 2.62. The van der Waals surface area contributed by atoms with Gasteiger partial charge in [-0.15, -0.1) is 5.10 Å². The summed E-state index contributed by atoms with van der Waals surface area (Å²) in [5.74, 6) is 0. The van der Waals surface area contributed by atoms with Crippen LogP contribution in [-0.4, -0.2) is 15.0 Å². The van der Waals surface area contributed by atoms with Gasteiger partial charge in [0.05, 0.1) is 17.9 Å². The van der Waals surface area contributed by atoms with Crippen molar-refractivity contribution in [3.8, 4) is 0 Å². The predicted octanol–water partition coefficient (Wildman–Crippen LogP) is 1.83. The lowest BCUT2D eigenvalue weighted by Gasteiger charge is -2.12. The van der Waals surface area contributed by atoms with Crippen molar-refractivity contribution in [1.82, 2.24) is 15.0 Å². The van der Waals surface area contributed by atoms with Crippen LogP contribution in [0.15, 0.2) is 24.4 Å². The zero-order chi connectivity index (χ0) is 11.7. The van der Waals surface area contributed by atoms with Crippen LogP contribution >= 0.6 is 11.6 Å². The molecule has 2 N–H and O–H groups in total. The highest BCUT2D eigenvalue weighted by Gasteiger charge is 2.13. The fourth-order valence-corrected chi connectivity index (χ4v) is 1.74. The van der Waals surface area contributed by atoms with Gasteiger partial charge >= 0.3 is 0 Å². The monoisotopic (exact) mass is 236 g/mol. The van der Waals surface area contributed by atoms with E-state index in [1.54, 1.807) is 10.9 Å². The van der Waals surface area contributed by atoms with Crippen molar-refractivity contribution >= 4 is 11.6 Å². The molecule has 1 aromatic heterocycles. The molecule has 0 aliphatic heterocycles. The van der Waals surface area contributed by atoms with E-state index in [9.17, 15) is 0 Å². The van der Waals surface area contributed by atoms with E-state index in [1.165, 1.54) is 0 Å². The van der Waals surface area contributed by atoms with Gasteiger partial charge in [-0.2, -0.15) is 0 Å². The lowest BCUT2D eigenvalue weighted by molar-refractivity contribution is 0.651. The third-order valence-corrected chi connectivity index (χ3v) is 3.03. The molecule has 1 unspecified atom stereocenters. The standard InChI is InChI=1S/C11H13ClN4/c1-7-3-4-8(5-9(7)12)11(13)10-6-14-15-16(10)2/h3-6,11H,13H2,1-2H3. The first-order valence-corrected chi connectivity index (χ1v) is 5.33. The Morgan fingerprint density at radius 3 is 2.75 bits per heavy atom. The van der Waals surface area contributed by atoms with E-state index in [2.05, 4.69) is 10.3 Å². The Balaban J connectivity index is 2.38. The van der Waals surface area contributed by atoms with Crippen molar-refractivity contribution in [1.29, 1.82) is 0 Å². The van der Waals surface area contributed by atoms with Crippen LogP contribution in [-0.2, 0) is 7.05 Å². The van der Waals surface area contributed by atoms with E-state index in [0.717, 1.165) is 21.8 Å². The van der Waals surface area contributed by atoms with Gasteiger partial charge in [0.1, 0.15) is 0 Å². The van der Waals surface area contributed by atoms with Gasteiger partial charge in [-0.1, -0.05) is 28.9 Å². The maximum atomic E-state index is 6.12. The SMILES string of the molecule is Cc1ccc(C(N)c2cnnn2C)cc1Cl. The number of aryl methyl sites for hydroxylation is 2.